The van der Waals surface area contributed by atoms with Crippen molar-refractivity contribution < 1.29 is 14.3 Å². The van der Waals surface area contributed by atoms with Crippen LogP contribution in [0.25, 0.3) is 0 Å². The second-order valence-corrected chi connectivity index (χ2v) is 5.84. The van der Waals surface area contributed by atoms with E-state index in [1.807, 2.05) is 12.1 Å². The van der Waals surface area contributed by atoms with Crippen molar-refractivity contribution in [3.63, 3.8) is 0 Å². The van der Waals surface area contributed by atoms with Gasteiger partial charge in [-0.2, -0.15) is 0 Å². The third-order valence-corrected chi connectivity index (χ3v) is 3.56. The smallest absolute Gasteiger partial charge is 0.303 e. The molecule has 0 radical (unpaired) electrons. The Morgan fingerprint density at radius 2 is 2.42 bits per heavy atom. The Hall–Kier alpha value is -1.33. The molecule has 5 nitrogen and oxygen atoms in total. The highest BCUT2D eigenvalue weighted by Crippen LogP contribution is 2.21. The Kier molecular flexibility index (Phi) is 4.27. The zero-order chi connectivity index (χ0) is 13.9. The molecule has 1 aliphatic heterocycles. The molecule has 0 amide bonds. The predicted molar refractivity (Wildman–Crippen MR) is 71.9 cm³/mol. The van der Waals surface area contributed by atoms with Crippen LogP contribution in [0.5, 0.6) is 0 Å². The van der Waals surface area contributed by atoms with Crippen LogP contribution in [-0.4, -0.2) is 40.6 Å². The molecule has 0 bridgehead atoms. The summed E-state index contributed by atoms with van der Waals surface area (Å²) in [5.41, 5.74) is 0.0479. The van der Waals surface area contributed by atoms with Gasteiger partial charge < -0.3 is 14.8 Å². The second kappa shape index (κ2) is 5.75. The van der Waals surface area contributed by atoms with Gasteiger partial charge in [-0.1, -0.05) is 0 Å². The molecule has 19 heavy (non-hydrogen) atoms. The van der Waals surface area contributed by atoms with Gasteiger partial charge >= 0.3 is 5.97 Å². The van der Waals surface area contributed by atoms with E-state index in [9.17, 15) is 4.79 Å². The maximum Gasteiger partial charge on any atom is 0.303 e. The minimum Gasteiger partial charge on any atom is -0.481 e. The quantitative estimate of drug-likeness (QED) is 0.849. The van der Waals surface area contributed by atoms with E-state index in [4.69, 9.17) is 9.52 Å². The highest BCUT2D eigenvalue weighted by molar-refractivity contribution is 5.66. The molecule has 2 N–H and O–H groups in total. The number of carboxylic acid groups (broad SMARTS) is 1. The first-order valence-electron chi connectivity index (χ1n) is 6.69. The van der Waals surface area contributed by atoms with Crippen LogP contribution < -0.4 is 5.32 Å². The third kappa shape index (κ3) is 4.08. The summed E-state index contributed by atoms with van der Waals surface area (Å²) in [4.78, 5) is 13.1. The fourth-order valence-electron chi connectivity index (χ4n) is 2.58. The van der Waals surface area contributed by atoms with Crippen molar-refractivity contribution in [3.05, 3.63) is 24.2 Å². The van der Waals surface area contributed by atoms with E-state index in [1.54, 1.807) is 6.26 Å². The molecule has 5 heteroatoms. The summed E-state index contributed by atoms with van der Waals surface area (Å²) in [6, 6.07) is 4.09. The van der Waals surface area contributed by atoms with Gasteiger partial charge in [0.1, 0.15) is 5.76 Å². The van der Waals surface area contributed by atoms with Crippen LogP contribution in [0.2, 0.25) is 0 Å². The Bertz CT molecular complexity index is 414. The van der Waals surface area contributed by atoms with Crippen LogP contribution in [0.4, 0.5) is 0 Å². The molecule has 1 saturated heterocycles. The normalized spacial score (nSPS) is 23.4. The average Bonchev–Trinajstić information content (AvgIpc) is 2.79. The standard InChI is InChI=1S/C14H22N2O3/c1-14(2)10-16(9-12-4-3-7-19-12)11(8-15-14)5-6-13(17)18/h3-4,7,11,15H,5-6,8-10H2,1-2H3,(H,17,18). The van der Waals surface area contributed by atoms with Crippen LogP contribution in [0.1, 0.15) is 32.4 Å². The molecule has 2 heterocycles. The van der Waals surface area contributed by atoms with E-state index in [0.29, 0.717) is 6.42 Å². The van der Waals surface area contributed by atoms with E-state index in [2.05, 4.69) is 24.1 Å². The summed E-state index contributed by atoms with van der Waals surface area (Å²) >= 11 is 0. The summed E-state index contributed by atoms with van der Waals surface area (Å²) < 4.78 is 5.40. The lowest BCUT2D eigenvalue weighted by Crippen LogP contribution is -2.61. The van der Waals surface area contributed by atoms with E-state index in [1.165, 1.54) is 0 Å². The van der Waals surface area contributed by atoms with Crippen molar-refractivity contribution in [2.45, 2.75) is 44.8 Å². The van der Waals surface area contributed by atoms with Crippen molar-refractivity contribution >= 4 is 5.97 Å². The largest absolute Gasteiger partial charge is 0.481 e. The number of hydrogen-bond acceptors (Lipinski definition) is 4. The number of nitrogens with zero attached hydrogens (tertiary/aromatic N) is 1. The fraction of sp³-hybridized carbons (Fsp3) is 0.643. The lowest BCUT2D eigenvalue weighted by molar-refractivity contribution is -0.137. The maximum atomic E-state index is 10.7. The van der Waals surface area contributed by atoms with Gasteiger partial charge in [-0.15, -0.1) is 0 Å². The number of rotatable bonds is 5. The number of carboxylic acids is 1. The predicted octanol–water partition coefficient (Wildman–Crippen LogP) is 1.70. The molecule has 106 valence electrons. The fourth-order valence-corrected chi connectivity index (χ4v) is 2.58. The molecule has 1 unspecified atom stereocenters. The molecular formula is C14H22N2O3. The Morgan fingerprint density at radius 1 is 1.63 bits per heavy atom. The van der Waals surface area contributed by atoms with Crippen LogP contribution in [0.15, 0.2) is 22.8 Å². The van der Waals surface area contributed by atoms with Gasteiger partial charge in [0.25, 0.3) is 0 Å². The van der Waals surface area contributed by atoms with Crippen LogP contribution >= 0.6 is 0 Å². The first-order chi connectivity index (χ1) is 8.96. The molecule has 1 aromatic rings. The highest BCUT2D eigenvalue weighted by Gasteiger charge is 2.32. The minimum atomic E-state index is -0.734. The molecule has 1 fully saturated rings. The SMILES string of the molecule is CC1(C)CN(Cc2ccco2)C(CCC(=O)O)CN1. The summed E-state index contributed by atoms with van der Waals surface area (Å²) in [6.07, 6.45) is 2.55. The number of nitrogens with one attached hydrogen (secondary N) is 1. The van der Waals surface area contributed by atoms with Gasteiger partial charge in [-0.25, -0.2) is 0 Å². The first-order valence-corrected chi connectivity index (χ1v) is 6.69. The van der Waals surface area contributed by atoms with Gasteiger partial charge in [0.2, 0.25) is 0 Å². The van der Waals surface area contributed by atoms with Crippen molar-refractivity contribution in [3.8, 4) is 0 Å². The third-order valence-electron chi connectivity index (χ3n) is 3.56. The van der Waals surface area contributed by atoms with E-state index in [-0.39, 0.29) is 18.0 Å². The molecule has 1 aliphatic rings. The Balaban J connectivity index is 2.00. The summed E-state index contributed by atoms with van der Waals surface area (Å²) in [6.45, 7) is 6.77. The van der Waals surface area contributed by atoms with Crippen molar-refractivity contribution in [2.75, 3.05) is 13.1 Å². The summed E-state index contributed by atoms with van der Waals surface area (Å²) in [5.74, 6) is 0.195. The number of piperazine rings is 1. The molecule has 1 atom stereocenters. The Morgan fingerprint density at radius 3 is 3.05 bits per heavy atom. The lowest BCUT2D eigenvalue weighted by Gasteiger charge is -2.44. The Labute approximate surface area is 113 Å². The van der Waals surface area contributed by atoms with Crippen LogP contribution in [0, 0.1) is 0 Å². The van der Waals surface area contributed by atoms with Crippen molar-refractivity contribution in [1.29, 1.82) is 0 Å². The molecule has 0 saturated carbocycles. The molecule has 0 aromatic carbocycles. The second-order valence-electron chi connectivity index (χ2n) is 5.84. The molecule has 0 aliphatic carbocycles. The first kappa shape index (κ1) is 14.1. The van der Waals surface area contributed by atoms with Crippen molar-refractivity contribution in [2.24, 2.45) is 0 Å². The number of hydrogen-bond donors (Lipinski definition) is 2. The molecule has 1 aromatic heterocycles. The molecule has 0 spiro atoms. The highest BCUT2D eigenvalue weighted by atomic mass is 16.4. The van der Waals surface area contributed by atoms with Gasteiger partial charge in [-0.3, -0.25) is 9.69 Å². The minimum absolute atomic E-state index is 0.0479. The van der Waals surface area contributed by atoms with E-state index in [0.717, 1.165) is 25.4 Å². The number of carbonyl (C=O) groups is 1. The van der Waals surface area contributed by atoms with Crippen molar-refractivity contribution in [1.82, 2.24) is 10.2 Å². The van der Waals surface area contributed by atoms with Gasteiger partial charge in [0.05, 0.1) is 12.8 Å². The number of furan rings is 1. The van der Waals surface area contributed by atoms with Crippen LogP contribution in [0.3, 0.4) is 0 Å². The van der Waals surface area contributed by atoms with E-state index < -0.39 is 5.97 Å². The van der Waals surface area contributed by atoms with Gasteiger partial charge in [-0.05, 0) is 32.4 Å². The summed E-state index contributed by atoms with van der Waals surface area (Å²) in [7, 11) is 0. The summed E-state index contributed by atoms with van der Waals surface area (Å²) in [5, 5.41) is 12.3. The van der Waals surface area contributed by atoms with Gasteiger partial charge in [0, 0.05) is 31.1 Å². The maximum absolute atomic E-state index is 10.7. The molecular weight excluding hydrogens is 244 g/mol. The molecule has 2 rings (SSSR count). The average molecular weight is 266 g/mol. The lowest BCUT2D eigenvalue weighted by atomic mass is 9.96. The van der Waals surface area contributed by atoms with Gasteiger partial charge in [0.15, 0.2) is 0 Å². The zero-order valence-corrected chi connectivity index (χ0v) is 11.6. The van der Waals surface area contributed by atoms with E-state index >= 15 is 0 Å². The monoisotopic (exact) mass is 266 g/mol. The topological polar surface area (TPSA) is 65.7 Å². The van der Waals surface area contributed by atoms with Crippen LogP contribution in [-0.2, 0) is 11.3 Å². The zero-order valence-electron chi connectivity index (χ0n) is 11.6. The number of aliphatic carboxylic acids is 1.